The lowest BCUT2D eigenvalue weighted by Gasteiger charge is -2.12. The Balaban J connectivity index is 2.37. The van der Waals surface area contributed by atoms with Crippen LogP contribution in [0.3, 0.4) is 0 Å². The molecule has 0 radical (unpaired) electrons. The first-order valence-electron chi connectivity index (χ1n) is 6.59. The van der Waals surface area contributed by atoms with Gasteiger partial charge in [-0.25, -0.2) is 0 Å². The van der Waals surface area contributed by atoms with Crippen LogP contribution in [0, 0.1) is 13.8 Å². The van der Waals surface area contributed by atoms with E-state index in [-0.39, 0.29) is 6.04 Å². The molecule has 20 heavy (non-hydrogen) atoms. The maximum absolute atomic E-state index is 6.22. The molecule has 0 saturated heterocycles. The number of nitrogens with one attached hydrogen (secondary N) is 1. The normalized spacial score (nSPS) is 12.7. The van der Waals surface area contributed by atoms with Crippen LogP contribution in [0.5, 0.6) is 0 Å². The second-order valence-corrected chi connectivity index (χ2v) is 5.83. The van der Waals surface area contributed by atoms with Crippen LogP contribution in [0.2, 0.25) is 10.0 Å². The van der Waals surface area contributed by atoms with E-state index in [0.29, 0.717) is 16.6 Å². The zero-order chi connectivity index (χ0) is 14.9. The van der Waals surface area contributed by atoms with Crippen LogP contribution in [0.25, 0.3) is 0 Å². The summed E-state index contributed by atoms with van der Waals surface area (Å²) in [6.45, 7) is 6.88. The minimum atomic E-state index is 0.276. The summed E-state index contributed by atoms with van der Waals surface area (Å²) >= 11 is 12.3. The molecule has 1 aromatic heterocycles. The van der Waals surface area contributed by atoms with Gasteiger partial charge in [0.1, 0.15) is 0 Å². The minimum Gasteiger partial charge on any atom is -0.313 e. The number of hydrogen-bond acceptors (Lipinski definition) is 2. The zero-order valence-electron chi connectivity index (χ0n) is 12.2. The van der Waals surface area contributed by atoms with Crippen molar-refractivity contribution in [3.63, 3.8) is 0 Å². The summed E-state index contributed by atoms with van der Waals surface area (Å²) < 4.78 is 1.98. The molecule has 5 heteroatoms. The third kappa shape index (κ3) is 3.00. The number of halogens is 2. The van der Waals surface area contributed by atoms with Crippen LogP contribution in [0.4, 0.5) is 0 Å². The van der Waals surface area contributed by atoms with Crippen molar-refractivity contribution in [2.45, 2.75) is 33.4 Å². The Labute approximate surface area is 129 Å². The van der Waals surface area contributed by atoms with E-state index in [9.17, 15) is 0 Å². The molecule has 108 valence electrons. The Hall–Kier alpha value is -1.03. The summed E-state index contributed by atoms with van der Waals surface area (Å²) in [6.07, 6.45) is 0. The number of nitrogens with zero attached hydrogens (tertiary/aromatic N) is 2. The summed E-state index contributed by atoms with van der Waals surface area (Å²) in [4.78, 5) is 0. The van der Waals surface area contributed by atoms with Gasteiger partial charge in [0.05, 0.1) is 12.2 Å². The van der Waals surface area contributed by atoms with E-state index in [2.05, 4.69) is 24.3 Å². The van der Waals surface area contributed by atoms with E-state index in [1.165, 1.54) is 5.56 Å². The molecule has 0 amide bonds. The molecule has 1 aromatic carbocycles. The lowest BCUT2D eigenvalue weighted by Crippen LogP contribution is -2.14. The second-order valence-electron chi connectivity index (χ2n) is 4.99. The summed E-state index contributed by atoms with van der Waals surface area (Å²) in [5.41, 5.74) is 4.42. The Morgan fingerprint density at radius 3 is 2.65 bits per heavy atom. The van der Waals surface area contributed by atoms with Crippen LogP contribution in [0.1, 0.15) is 35.5 Å². The zero-order valence-corrected chi connectivity index (χ0v) is 13.7. The molecule has 0 spiro atoms. The summed E-state index contributed by atoms with van der Waals surface area (Å²) in [6, 6.07) is 5.78. The van der Waals surface area contributed by atoms with E-state index in [0.717, 1.165) is 17.0 Å². The minimum absolute atomic E-state index is 0.276. The fourth-order valence-electron chi connectivity index (χ4n) is 2.46. The quantitative estimate of drug-likeness (QED) is 0.920. The molecule has 2 aromatic rings. The molecule has 1 heterocycles. The van der Waals surface area contributed by atoms with Crippen molar-refractivity contribution in [3.05, 3.63) is 50.8 Å². The molecule has 1 atom stereocenters. The molecular formula is C15H19Cl2N3. The molecule has 1 unspecified atom stereocenters. The van der Waals surface area contributed by atoms with Gasteiger partial charge in [0.2, 0.25) is 0 Å². The first-order valence-corrected chi connectivity index (χ1v) is 7.34. The maximum atomic E-state index is 6.22. The Bertz CT molecular complexity index is 620. The van der Waals surface area contributed by atoms with Gasteiger partial charge in [-0.05, 0) is 51.6 Å². The number of aryl methyl sites for hydroxylation is 1. The molecule has 3 nitrogen and oxygen atoms in total. The molecule has 0 aliphatic carbocycles. The molecule has 0 aliphatic rings. The highest BCUT2D eigenvalue weighted by atomic mass is 35.5. The average molecular weight is 312 g/mol. The average Bonchev–Trinajstić information content (AvgIpc) is 2.68. The third-order valence-corrected chi connectivity index (χ3v) is 4.24. The van der Waals surface area contributed by atoms with Crippen molar-refractivity contribution in [2.75, 3.05) is 7.05 Å². The number of benzene rings is 1. The maximum Gasteiger partial charge on any atom is 0.0677 e. The van der Waals surface area contributed by atoms with Crippen LogP contribution in [0.15, 0.2) is 18.2 Å². The molecule has 0 fully saturated rings. The van der Waals surface area contributed by atoms with Gasteiger partial charge in [0.25, 0.3) is 0 Å². The van der Waals surface area contributed by atoms with E-state index in [1.54, 1.807) is 6.07 Å². The Morgan fingerprint density at radius 2 is 2.00 bits per heavy atom. The first-order chi connectivity index (χ1) is 9.43. The van der Waals surface area contributed by atoms with E-state index < -0.39 is 0 Å². The standard InChI is InChI=1S/C15H19Cl2N3/c1-9(18-4)15-10(2)19-20(11(15)3)8-12-7-13(16)5-6-14(12)17/h5-7,9,18H,8H2,1-4H3. The van der Waals surface area contributed by atoms with E-state index in [1.807, 2.05) is 30.8 Å². The van der Waals surface area contributed by atoms with E-state index >= 15 is 0 Å². The Morgan fingerprint density at radius 1 is 1.30 bits per heavy atom. The van der Waals surface area contributed by atoms with Gasteiger partial charge >= 0.3 is 0 Å². The predicted octanol–water partition coefficient (Wildman–Crippen LogP) is 4.14. The van der Waals surface area contributed by atoms with Crippen molar-refractivity contribution >= 4 is 23.2 Å². The lowest BCUT2D eigenvalue weighted by atomic mass is 10.1. The van der Waals surface area contributed by atoms with Crippen LogP contribution >= 0.6 is 23.2 Å². The van der Waals surface area contributed by atoms with Gasteiger partial charge in [-0.3, -0.25) is 4.68 Å². The van der Waals surface area contributed by atoms with Gasteiger partial charge < -0.3 is 5.32 Å². The molecular weight excluding hydrogens is 293 g/mol. The second kappa shape index (κ2) is 6.17. The smallest absolute Gasteiger partial charge is 0.0677 e. The number of rotatable bonds is 4. The number of aromatic nitrogens is 2. The third-order valence-electron chi connectivity index (χ3n) is 3.63. The Kier molecular flexibility index (Phi) is 4.74. The van der Waals surface area contributed by atoms with Crippen molar-refractivity contribution in [1.82, 2.24) is 15.1 Å². The fraction of sp³-hybridized carbons (Fsp3) is 0.400. The molecule has 0 bridgehead atoms. The number of hydrogen-bond donors (Lipinski definition) is 1. The fourth-order valence-corrected chi connectivity index (χ4v) is 2.83. The SMILES string of the molecule is CNC(C)c1c(C)nn(Cc2cc(Cl)ccc2Cl)c1C. The van der Waals surface area contributed by atoms with Gasteiger partial charge in [-0.1, -0.05) is 23.2 Å². The van der Waals surface area contributed by atoms with Crippen molar-refractivity contribution in [2.24, 2.45) is 0 Å². The van der Waals surface area contributed by atoms with Gasteiger partial charge in [-0.15, -0.1) is 0 Å². The lowest BCUT2D eigenvalue weighted by molar-refractivity contribution is 0.632. The van der Waals surface area contributed by atoms with Gasteiger partial charge in [0.15, 0.2) is 0 Å². The van der Waals surface area contributed by atoms with Crippen LogP contribution in [-0.2, 0) is 6.54 Å². The summed E-state index contributed by atoms with van der Waals surface area (Å²) in [5.74, 6) is 0. The molecule has 0 saturated carbocycles. The predicted molar refractivity (Wildman–Crippen MR) is 84.7 cm³/mol. The summed E-state index contributed by atoms with van der Waals surface area (Å²) in [5, 5.41) is 9.28. The van der Waals surface area contributed by atoms with Gasteiger partial charge in [0, 0.05) is 27.3 Å². The highest BCUT2D eigenvalue weighted by Gasteiger charge is 2.16. The van der Waals surface area contributed by atoms with E-state index in [4.69, 9.17) is 23.2 Å². The molecule has 2 rings (SSSR count). The van der Waals surface area contributed by atoms with Crippen LogP contribution in [-0.4, -0.2) is 16.8 Å². The van der Waals surface area contributed by atoms with Crippen molar-refractivity contribution in [3.8, 4) is 0 Å². The van der Waals surface area contributed by atoms with Gasteiger partial charge in [-0.2, -0.15) is 5.10 Å². The topological polar surface area (TPSA) is 29.9 Å². The van der Waals surface area contributed by atoms with Crippen molar-refractivity contribution < 1.29 is 0 Å². The largest absolute Gasteiger partial charge is 0.313 e. The van der Waals surface area contributed by atoms with Crippen LogP contribution < -0.4 is 5.32 Å². The van der Waals surface area contributed by atoms with Crippen molar-refractivity contribution in [1.29, 1.82) is 0 Å². The molecule has 1 N–H and O–H groups in total. The monoisotopic (exact) mass is 311 g/mol. The summed E-state index contributed by atoms with van der Waals surface area (Å²) in [7, 11) is 1.95. The highest BCUT2D eigenvalue weighted by molar-refractivity contribution is 6.33. The molecule has 0 aliphatic heterocycles. The first kappa shape index (κ1) is 15.4. The highest BCUT2D eigenvalue weighted by Crippen LogP contribution is 2.25.